The minimum absolute atomic E-state index is 0.0799. The predicted molar refractivity (Wildman–Crippen MR) is 18.4 cm³/mol. The van der Waals surface area contributed by atoms with Crippen molar-refractivity contribution in [3.8, 4) is 0 Å². The molecule has 0 heterocycles. The summed E-state index contributed by atoms with van der Waals surface area (Å²) in [6, 6.07) is 0. The van der Waals surface area contributed by atoms with Gasteiger partial charge >= 0.3 is 0 Å². The first-order chi connectivity index (χ1) is 2.41. The van der Waals surface area contributed by atoms with Crippen LogP contribution in [0, 0.1) is 6.08 Å². The Morgan fingerprint density at radius 2 is 2.40 bits per heavy atom. The third-order valence-electron chi connectivity index (χ3n) is 0.279. The zero-order valence-corrected chi connectivity index (χ0v) is 3.03. The second kappa shape index (κ2) is 3.61. The van der Waals surface area contributed by atoms with Crippen molar-refractivity contribution in [1.82, 2.24) is 0 Å². The topological polar surface area (TPSA) is 23.1 Å². The Morgan fingerprint density at radius 1 is 1.80 bits per heavy atom. The van der Waals surface area contributed by atoms with Gasteiger partial charge in [0.05, 0.1) is 0 Å². The fourth-order valence-corrected chi connectivity index (χ4v) is 0.0722. The average molecular weight is 70.1 g/mol. The molecule has 0 fully saturated rings. The van der Waals surface area contributed by atoms with Gasteiger partial charge < -0.3 is 5.11 Å². The molecule has 0 saturated carbocycles. The van der Waals surface area contributed by atoms with Gasteiger partial charge in [-0.05, 0) is 0 Å². The molecular formula is C4H6O. The lowest BCUT2D eigenvalue weighted by molar-refractivity contribution is -0.366. The van der Waals surface area contributed by atoms with Crippen LogP contribution in [0.4, 0.5) is 0 Å². The maximum absolute atomic E-state index is 9.43. The highest BCUT2D eigenvalue weighted by molar-refractivity contribution is 4.50. The number of hydrogen-bond acceptors (Lipinski definition) is 1. The lowest BCUT2D eigenvalue weighted by Gasteiger charge is -1.82. The molecule has 0 aromatic carbocycles. The fraction of sp³-hybridized carbons (Fsp3) is 0.500. The molecule has 28 valence electrons. The van der Waals surface area contributed by atoms with Crippen LogP contribution >= 0.6 is 0 Å². The molecule has 0 aromatic rings. The first-order valence-electron chi connectivity index (χ1n) is 1.50. The van der Waals surface area contributed by atoms with Crippen molar-refractivity contribution in [2.45, 2.75) is 6.42 Å². The zero-order valence-electron chi connectivity index (χ0n) is 3.03. The Balaban J connectivity index is 2.40. The third kappa shape index (κ3) is 3.61. The van der Waals surface area contributed by atoms with E-state index < -0.39 is 0 Å². The number of rotatable bonds is 2. The Morgan fingerprint density at radius 3 is 2.40 bits per heavy atom. The smallest absolute Gasteiger partial charge is 0.213 e. The van der Waals surface area contributed by atoms with Crippen molar-refractivity contribution in [2.24, 2.45) is 0 Å². The molecule has 1 heteroatoms. The lowest BCUT2D eigenvalue weighted by atomic mass is 10.5. The van der Waals surface area contributed by atoms with E-state index in [2.05, 4.69) is 12.7 Å². The summed E-state index contributed by atoms with van der Waals surface area (Å²) in [6.07, 6.45) is 2.93. The van der Waals surface area contributed by atoms with Crippen LogP contribution in [0.15, 0.2) is 6.58 Å². The number of hydrogen-bond donors (Lipinski definition) is 0. The Labute approximate surface area is 31.9 Å². The van der Waals surface area contributed by atoms with Crippen LogP contribution in [0.25, 0.3) is 0 Å². The molecule has 0 radical (unpaired) electrons. The molecule has 0 bridgehead atoms. The molecule has 0 aliphatic heterocycles. The molecule has 1 nitrogen and oxygen atoms in total. The van der Waals surface area contributed by atoms with Gasteiger partial charge in [-0.2, -0.15) is 0 Å². The predicted octanol–water partition coefficient (Wildman–Crippen LogP) is -0.274. The van der Waals surface area contributed by atoms with Crippen molar-refractivity contribution in [3.05, 3.63) is 12.7 Å². The second-order valence-corrected chi connectivity index (χ2v) is 0.704. The van der Waals surface area contributed by atoms with Gasteiger partial charge in [0, 0.05) is 0 Å². The Kier molecular flexibility index (Phi) is 3.33. The van der Waals surface area contributed by atoms with Gasteiger partial charge in [0.2, 0.25) is 6.08 Å². The minimum Gasteiger partial charge on any atom is -0.851 e. The van der Waals surface area contributed by atoms with Gasteiger partial charge in [0.15, 0.2) is 6.42 Å². The Hall–Kier alpha value is -0.390. The molecule has 0 aliphatic carbocycles. The third-order valence-corrected chi connectivity index (χ3v) is 0.279. The van der Waals surface area contributed by atoms with E-state index in [9.17, 15) is 5.11 Å². The highest BCUT2D eigenvalue weighted by Crippen LogP contribution is 1.64. The molecule has 0 aliphatic rings. The van der Waals surface area contributed by atoms with Gasteiger partial charge in [0.25, 0.3) is 0 Å². The first-order valence-corrected chi connectivity index (χ1v) is 1.50. The van der Waals surface area contributed by atoms with Crippen LogP contribution in [0.3, 0.4) is 0 Å². The fourth-order valence-electron chi connectivity index (χ4n) is 0.0722. The van der Waals surface area contributed by atoms with Gasteiger partial charge in [0.1, 0.15) is 6.58 Å². The Bertz CT molecular complexity index is 24.8. The van der Waals surface area contributed by atoms with E-state index in [1.807, 2.05) is 0 Å². The van der Waals surface area contributed by atoms with Crippen molar-refractivity contribution >= 4 is 0 Å². The van der Waals surface area contributed by atoms with E-state index >= 15 is 0 Å². The summed E-state index contributed by atoms with van der Waals surface area (Å²) in [5.74, 6) is 0. The summed E-state index contributed by atoms with van der Waals surface area (Å²) in [4.78, 5) is 0. The molecule has 0 saturated heterocycles. The first kappa shape index (κ1) is 4.61. The minimum atomic E-state index is -0.0799. The summed E-state index contributed by atoms with van der Waals surface area (Å²) >= 11 is 0. The highest BCUT2D eigenvalue weighted by atomic mass is 16.2. The van der Waals surface area contributed by atoms with E-state index in [4.69, 9.17) is 0 Å². The van der Waals surface area contributed by atoms with Crippen LogP contribution in [-0.2, 0) is 0 Å². The molecule has 0 rings (SSSR count). The quantitative estimate of drug-likeness (QED) is 0.410. The maximum atomic E-state index is 9.43. The standard InChI is InChI=1S/C4H6O/c1-2-3-4-5/h1,3-4H2. The molecule has 0 spiro atoms. The summed E-state index contributed by atoms with van der Waals surface area (Å²) in [7, 11) is 0. The molecule has 0 aromatic heterocycles. The molecular weight excluding hydrogens is 64.0 g/mol. The maximum Gasteiger partial charge on any atom is 0.213 e. The largest absolute Gasteiger partial charge is 0.851 e. The SMILES string of the molecule is C=[C+]CC[O-]. The molecule has 0 N–H and O–H groups in total. The molecule has 0 amide bonds. The average Bonchev–Trinajstić information content (AvgIpc) is 1.41. The summed E-state index contributed by atoms with van der Waals surface area (Å²) < 4.78 is 0. The van der Waals surface area contributed by atoms with Crippen molar-refractivity contribution in [1.29, 1.82) is 0 Å². The van der Waals surface area contributed by atoms with Gasteiger partial charge in [-0.25, -0.2) is 0 Å². The van der Waals surface area contributed by atoms with E-state index in [1.165, 1.54) is 0 Å². The molecule has 0 unspecified atom stereocenters. The summed E-state index contributed by atoms with van der Waals surface area (Å²) in [6.45, 7) is 3.15. The summed E-state index contributed by atoms with van der Waals surface area (Å²) in [5.41, 5.74) is 0. The van der Waals surface area contributed by atoms with E-state index in [-0.39, 0.29) is 6.61 Å². The van der Waals surface area contributed by atoms with Gasteiger partial charge in [-0.1, -0.05) is 6.61 Å². The van der Waals surface area contributed by atoms with Crippen LogP contribution in [0.5, 0.6) is 0 Å². The molecule has 5 heavy (non-hydrogen) atoms. The van der Waals surface area contributed by atoms with Crippen LogP contribution in [0.1, 0.15) is 6.42 Å². The van der Waals surface area contributed by atoms with Crippen molar-refractivity contribution in [3.63, 3.8) is 0 Å². The van der Waals surface area contributed by atoms with Crippen LogP contribution in [-0.4, -0.2) is 6.61 Å². The highest BCUT2D eigenvalue weighted by Gasteiger charge is 1.71. The van der Waals surface area contributed by atoms with Crippen molar-refractivity contribution < 1.29 is 5.11 Å². The van der Waals surface area contributed by atoms with Gasteiger partial charge in [-0.15, -0.1) is 0 Å². The van der Waals surface area contributed by atoms with E-state index in [0.717, 1.165) is 0 Å². The monoisotopic (exact) mass is 70.0 g/mol. The van der Waals surface area contributed by atoms with Crippen LogP contribution < -0.4 is 5.11 Å². The van der Waals surface area contributed by atoms with E-state index in [0.29, 0.717) is 6.42 Å². The van der Waals surface area contributed by atoms with Crippen molar-refractivity contribution in [2.75, 3.05) is 6.61 Å². The molecule has 0 atom stereocenters. The van der Waals surface area contributed by atoms with Crippen LogP contribution in [0.2, 0.25) is 0 Å². The zero-order chi connectivity index (χ0) is 4.12. The normalized spacial score (nSPS) is 6.60. The summed E-state index contributed by atoms with van der Waals surface area (Å²) in [5, 5.41) is 9.43. The van der Waals surface area contributed by atoms with E-state index in [1.54, 1.807) is 0 Å². The second-order valence-electron chi connectivity index (χ2n) is 0.704. The lowest BCUT2D eigenvalue weighted by Crippen LogP contribution is -2.02. The van der Waals surface area contributed by atoms with Gasteiger partial charge in [-0.3, -0.25) is 0 Å².